The summed E-state index contributed by atoms with van der Waals surface area (Å²) in [5.41, 5.74) is 0. The van der Waals surface area contributed by atoms with Gasteiger partial charge in [0.2, 0.25) is 17.7 Å². The van der Waals surface area contributed by atoms with Crippen molar-refractivity contribution < 1.29 is 19.0 Å². The molecule has 2 heterocycles. The summed E-state index contributed by atoms with van der Waals surface area (Å²) in [6.07, 6.45) is 1.73. The van der Waals surface area contributed by atoms with E-state index in [1.165, 1.54) is 0 Å². The monoisotopic (exact) mass is 295 g/mol. The van der Waals surface area contributed by atoms with Gasteiger partial charge in [-0.25, -0.2) is 0 Å². The fraction of sp³-hybridized carbons (Fsp3) is 0.643. The highest BCUT2D eigenvalue weighted by atomic mass is 16.5. The minimum atomic E-state index is -0.155. The van der Waals surface area contributed by atoms with Gasteiger partial charge in [0.25, 0.3) is 0 Å². The number of esters is 1. The molecule has 21 heavy (non-hydrogen) atoms. The van der Waals surface area contributed by atoms with Crippen LogP contribution in [0.1, 0.15) is 19.8 Å². The lowest BCUT2D eigenvalue weighted by atomic mass is 9.98. The summed E-state index contributed by atoms with van der Waals surface area (Å²) in [5, 5.41) is 0. The van der Waals surface area contributed by atoms with E-state index in [1.807, 2.05) is 11.8 Å². The fourth-order valence-corrected chi connectivity index (χ4v) is 2.35. The molecule has 1 saturated heterocycles. The van der Waals surface area contributed by atoms with Crippen molar-refractivity contribution >= 4 is 11.9 Å². The molecule has 1 atom stereocenters. The third-order valence-electron chi connectivity index (χ3n) is 3.41. The highest BCUT2D eigenvalue weighted by molar-refractivity contribution is 5.73. The van der Waals surface area contributed by atoms with Crippen molar-refractivity contribution in [2.45, 2.75) is 19.8 Å². The maximum Gasteiger partial charge on any atom is 0.310 e. The Morgan fingerprint density at radius 1 is 1.33 bits per heavy atom. The normalized spacial score (nSPS) is 18.2. The van der Waals surface area contributed by atoms with Gasteiger partial charge in [-0.3, -0.25) is 4.79 Å². The summed E-state index contributed by atoms with van der Waals surface area (Å²) < 4.78 is 15.4. The van der Waals surface area contributed by atoms with Crippen LogP contribution in [-0.4, -0.2) is 49.9 Å². The van der Waals surface area contributed by atoms with Crippen LogP contribution in [-0.2, 0) is 9.53 Å². The average molecular weight is 295 g/mol. The first-order valence-electron chi connectivity index (χ1n) is 7.06. The van der Waals surface area contributed by atoms with Crippen LogP contribution in [0.25, 0.3) is 0 Å². The maximum absolute atomic E-state index is 11.9. The highest BCUT2D eigenvalue weighted by Crippen LogP contribution is 2.25. The summed E-state index contributed by atoms with van der Waals surface area (Å²) in [7, 11) is 3.09. The number of ether oxygens (including phenoxy) is 3. The van der Waals surface area contributed by atoms with Crippen molar-refractivity contribution in [1.82, 2.24) is 9.97 Å². The SMILES string of the molecule is CCOC(=O)C1CCCN(c2nc(OC)cc(OC)n2)C1. The number of piperidine rings is 1. The Hall–Kier alpha value is -2.05. The molecule has 0 bridgehead atoms. The molecule has 2 rings (SSSR count). The molecule has 0 aliphatic carbocycles. The van der Waals surface area contributed by atoms with Crippen molar-refractivity contribution in [3.8, 4) is 11.8 Å². The molecule has 7 heteroatoms. The van der Waals surface area contributed by atoms with E-state index in [0.717, 1.165) is 19.4 Å². The number of nitrogens with zero attached hydrogens (tertiary/aromatic N) is 3. The van der Waals surface area contributed by atoms with E-state index in [9.17, 15) is 4.79 Å². The molecule has 1 fully saturated rings. The van der Waals surface area contributed by atoms with Crippen LogP contribution >= 0.6 is 0 Å². The van der Waals surface area contributed by atoms with E-state index in [2.05, 4.69) is 9.97 Å². The van der Waals surface area contributed by atoms with Crippen LogP contribution in [0, 0.1) is 5.92 Å². The number of hydrogen-bond donors (Lipinski definition) is 0. The van der Waals surface area contributed by atoms with E-state index >= 15 is 0 Å². The van der Waals surface area contributed by atoms with E-state index in [0.29, 0.717) is 30.9 Å². The molecule has 7 nitrogen and oxygen atoms in total. The Morgan fingerprint density at radius 3 is 2.57 bits per heavy atom. The first-order chi connectivity index (χ1) is 10.2. The molecule has 1 aliphatic heterocycles. The van der Waals surface area contributed by atoms with Gasteiger partial charge in [-0.05, 0) is 19.8 Å². The molecule has 0 amide bonds. The third-order valence-corrected chi connectivity index (χ3v) is 3.41. The zero-order valence-corrected chi connectivity index (χ0v) is 12.7. The molecule has 1 aromatic heterocycles. The maximum atomic E-state index is 11.9. The number of methoxy groups -OCH3 is 2. The molecule has 0 saturated carbocycles. The predicted molar refractivity (Wildman–Crippen MR) is 76.7 cm³/mol. The van der Waals surface area contributed by atoms with Gasteiger partial charge < -0.3 is 19.1 Å². The highest BCUT2D eigenvalue weighted by Gasteiger charge is 2.28. The smallest absolute Gasteiger partial charge is 0.310 e. The Balaban J connectivity index is 2.15. The quantitative estimate of drug-likeness (QED) is 0.757. The Kier molecular flexibility index (Phi) is 5.19. The average Bonchev–Trinajstić information content (AvgIpc) is 2.54. The largest absolute Gasteiger partial charge is 0.481 e. The summed E-state index contributed by atoms with van der Waals surface area (Å²) in [6, 6.07) is 1.62. The molecule has 0 N–H and O–H groups in total. The molecule has 1 unspecified atom stereocenters. The van der Waals surface area contributed by atoms with Gasteiger partial charge in [0.05, 0.1) is 32.8 Å². The van der Waals surface area contributed by atoms with Crippen molar-refractivity contribution in [2.24, 2.45) is 5.92 Å². The van der Waals surface area contributed by atoms with Crippen LogP contribution in [0.2, 0.25) is 0 Å². The Labute approximate surface area is 124 Å². The molecule has 1 aliphatic rings. The molecule has 1 aromatic rings. The van der Waals surface area contributed by atoms with E-state index < -0.39 is 0 Å². The van der Waals surface area contributed by atoms with Gasteiger partial charge in [-0.1, -0.05) is 0 Å². The summed E-state index contributed by atoms with van der Waals surface area (Å²) >= 11 is 0. The van der Waals surface area contributed by atoms with Crippen molar-refractivity contribution in [2.75, 3.05) is 38.8 Å². The lowest BCUT2D eigenvalue weighted by Crippen LogP contribution is -2.40. The molecule has 0 radical (unpaired) electrons. The van der Waals surface area contributed by atoms with Crippen molar-refractivity contribution in [1.29, 1.82) is 0 Å². The number of anilines is 1. The Morgan fingerprint density at radius 2 is 2.00 bits per heavy atom. The number of carbonyl (C=O) groups is 1. The van der Waals surface area contributed by atoms with Crippen LogP contribution in [0.5, 0.6) is 11.8 Å². The first kappa shape index (κ1) is 15.3. The summed E-state index contributed by atoms with van der Waals surface area (Å²) in [5.74, 6) is 1.10. The summed E-state index contributed by atoms with van der Waals surface area (Å²) in [6.45, 7) is 3.56. The molecular weight excluding hydrogens is 274 g/mol. The topological polar surface area (TPSA) is 73.8 Å². The van der Waals surface area contributed by atoms with Crippen LogP contribution in [0.4, 0.5) is 5.95 Å². The molecule has 116 valence electrons. The zero-order valence-electron chi connectivity index (χ0n) is 12.7. The standard InChI is InChI=1S/C14H21N3O4/c1-4-21-13(18)10-6-5-7-17(9-10)14-15-11(19-2)8-12(16-14)20-3/h8,10H,4-7,9H2,1-3H3. The number of rotatable bonds is 5. The first-order valence-corrected chi connectivity index (χ1v) is 7.06. The number of carbonyl (C=O) groups excluding carboxylic acids is 1. The van der Waals surface area contributed by atoms with E-state index in [1.54, 1.807) is 20.3 Å². The Bertz CT molecular complexity index is 473. The van der Waals surface area contributed by atoms with Crippen LogP contribution in [0.15, 0.2) is 6.07 Å². The van der Waals surface area contributed by atoms with Crippen LogP contribution < -0.4 is 14.4 Å². The number of aromatic nitrogens is 2. The minimum absolute atomic E-state index is 0.139. The van der Waals surface area contributed by atoms with Gasteiger partial charge in [0.15, 0.2) is 0 Å². The second-order valence-corrected chi connectivity index (χ2v) is 4.79. The lowest BCUT2D eigenvalue weighted by molar-refractivity contribution is -0.148. The van der Waals surface area contributed by atoms with Crippen molar-refractivity contribution in [3.05, 3.63) is 6.07 Å². The van der Waals surface area contributed by atoms with Crippen LogP contribution in [0.3, 0.4) is 0 Å². The van der Waals surface area contributed by atoms with Gasteiger partial charge in [0.1, 0.15) is 0 Å². The van der Waals surface area contributed by atoms with Gasteiger partial charge >= 0.3 is 5.97 Å². The fourth-order valence-electron chi connectivity index (χ4n) is 2.35. The van der Waals surface area contributed by atoms with E-state index in [-0.39, 0.29) is 11.9 Å². The third kappa shape index (κ3) is 3.74. The van der Waals surface area contributed by atoms with Gasteiger partial charge in [-0.2, -0.15) is 9.97 Å². The van der Waals surface area contributed by atoms with Gasteiger partial charge in [-0.15, -0.1) is 0 Å². The predicted octanol–water partition coefficient (Wildman–Crippen LogP) is 1.27. The van der Waals surface area contributed by atoms with E-state index in [4.69, 9.17) is 14.2 Å². The zero-order chi connectivity index (χ0) is 15.2. The molecule has 0 aromatic carbocycles. The lowest BCUT2D eigenvalue weighted by Gasteiger charge is -2.31. The molecular formula is C14H21N3O4. The summed E-state index contributed by atoms with van der Waals surface area (Å²) in [4.78, 5) is 22.5. The molecule has 0 spiro atoms. The second kappa shape index (κ2) is 7.10. The minimum Gasteiger partial charge on any atom is -0.481 e. The second-order valence-electron chi connectivity index (χ2n) is 4.79. The van der Waals surface area contributed by atoms with Crippen molar-refractivity contribution in [3.63, 3.8) is 0 Å². The van der Waals surface area contributed by atoms with Gasteiger partial charge in [0, 0.05) is 13.1 Å². The number of hydrogen-bond acceptors (Lipinski definition) is 7.